The van der Waals surface area contributed by atoms with E-state index >= 15 is 0 Å². The minimum absolute atomic E-state index is 0.119. The highest BCUT2D eigenvalue weighted by Crippen LogP contribution is 2.26. The van der Waals surface area contributed by atoms with Crippen LogP contribution in [-0.4, -0.2) is 99.6 Å². The second kappa shape index (κ2) is 58.2. The first-order valence-corrected chi connectivity index (χ1v) is 33.9. The molecule has 1 saturated heterocycles. The number of aliphatic hydroxyl groups excluding tert-OH is 5. The number of unbranched alkanes of at least 4 members (excludes halogenated alkanes) is 31. The number of esters is 1. The third-order valence-electron chi connectivity index (χ3n) is 15.6. The summed E-state index contributed by atoms with van der Waals surface area (Å²) in [6.07, 6.45) is 66.3. The lowest BCUT2D eigenvalue weighted by atomic mass is 9.99. The SMILES string of the molecule is CC/C=C\C/C=C\C/C=C\C/C=C\C/C=C\C/C=C\CCCC(O)C(=O)NC(COC1OC(CO)C(O)C(O)C1OC(=O)CCCCCCCCCCCCCCCCCCCCCCC)C(O)/C=C/CCCCCCCCCCCC. The molecule has 474 valence electrons. The Morgan fingerprint density at radius 2 is 0.878 bits per heavy atom. The molecule has 0 aromatic carbocycles. The Bertz CT molecular complexity index is 1660. The fraction of sp³-hybridized carbons (Fsp3) is 0.775. The number of hydrogen-bond donors (Lipinski definition) is 6. The molecule has 8 atom stereocenters. The van der Waals surface area contributed by atoms with Crippen LogP contribution in [0.15, 0.2) is 85.1 Å². The Hall–Kier alpha value is -3.16. The van der Waals surface area contributed by atoms with Gasteiger partial charge < -0.3 is 45.1 Å². The average Bonchev–Trinajstić information content (AvgIpc) is 3.66. The first-order chi connectivity index (χ1) is 40.2. The van der Waals surface area contributed by atoms with Crippen molar-refractivity contribution in [2.24, 2.45) is 0 Å². The molecule has 11 nitrogen and oxygen atoms in total. The summed E-state index contributed by atoms with van der Waals surface area (Å²) in [5.41, 5.74) is 0. The van der Waals surface area contributed by atoms with Crippen molar-refractivity contribution in [1.29, 1.82) is 0 Å². The quantitative estimate of drug-likeness (QED) is 0.0195. The van der Waals surface area contributed by atoms with E-state index in [9.17, 15) is 35.1 Å². The van der Waals surface area contributed by atoms with Gasteiger partial charge in [0.1, 0.15) is 24.4 Å². The molecule has 0 bridgehead atoms. The van der Waals surface area contributed by atoms with Crippen molar-refractivity contribution in [2.75, 3.05) is 13.2 Å². The highest BCUT2D eigenvalue weighted by molar-refractivity contribution is 5.80. The molecule has 8 unspecified atom stereocenters. The summed E-state index contributed by atoms with van der Waals surface area (Å²) in [6.45, 7) is 5.67. The van der Waals surface area contributed by atoms with Crippen LogP contribution in [0.2, 0.25) is 0 Å². The Kier molecular flexibility index (Phi) is 54.6. The number of ether oxygens (including phenoxy) is 3. The molecule has 0 aromatic rings. The summed E-state index contributed by atoms with van der Waals surface area (Å²) in [5, 5.41) is 57.1. The van der Waals surface area contributed by atoms with Crippen molar-refractivity contribution in [3.63, 3.8) is 0 Å². The van der Waals surface area contributed by atoms with E-state index in [4.69, 9.17) is 14.2 Å². The normalized spacial score (nSPS) is 19.1. The van der Waals surface area contributed by atoms with Crippen molar-refractivity contribution in [3.8, 4) is 0 Å². The molecule has 1 rings (SSSR count). The molecule has 1 fully saturated rings. The summed E-state index contributed by atoms with van der Waals surface area (Å²) in [7, 11) is 0. The van der Waals surface area contributed by atoms with Crippen molar-refractivity contribution >= 4 is 11.9 Å². The van der Waals surface area contributed by atoms with E-state index in [0.29, 0.717) is 19.3 Å². The zero-order chi connectivity index (χ0) is 59.6. The molecule has 0 aromatic heterocycles. The van der Waals surface area contributed by atoms with Crippen LogP contribution >= 0.6 is 0 Å². The maximum atomic E-state index is 13.4. The van der Waals surface area contributed by atoms with Crippen molar-refractivity contribution in [2.45, 2.75) is 339 Å². The van der Waals surface area contributed by atoms with E-state index in [2.05, 4.69) is 92.9 Å². The second-order valence-electron chi connectivity index (χ2n) is 23.2. The largest absolute Gasteiger partial charge is 0.454 e. The third-order valence-corrected chi connectivity index (χ3v) is 15.6. The fourth-order valence-electron chi connectivity index (χ4n) is 10.3. The smallest absolute Gasteiger partial charge is 0.306 e. The molecule has 82 heavy (non-hydrogen) atoms. The van der Waals surface area contributed by atoms with Gasteiger partial charge in [-0.3, -0.25) is 9.59 Å². The zero-order valence-electron chi connectivity index (χ0n) is 52.6. The number of allylic oxidation sites excluding steroid dienone is 13. The topological polar surface area (TPSA) is 175 Å². The monoisotopic (exact) mass is 1150 g/mol. The number of carbonyl (C=O) groups excluding carboxylic acids is 2. The minimum Gasteiger partial charge on any atom is -0.454 e. The van der Waals surface area contributed by atoms with Gasteiger partial charge in [0, 0.05) is 6.42 Å². The van der Waals surface area contributed by atoms with Crippen LogP contribution in [0.4, 0.5) is 0 Å². The standard InChI is InChI=1S/C71H125NO10/c1-4-7-10-13-16-19-22-25-27-29-31-33-35-37-39-41-44-47-50-53-56-59-66(76)82-69-68(78)67(77)65(60-73)81-71(69)80-61-62(63(74)57-54-51-48-45-42-24-21-18-15-12-9-6-3)72-70(79)64(75)58-55-52-49-46-43-40-38-36-34-32-30-28-26-23-20-17-14-11-8-5-2/h8,11,17,20,26,28,32,34,38,40,46,49,54,57,62-65,67-69,71,73-75,77-78H,4-7,9-10,12-16,18-19,21-25,27,29-31,33,35-37,39,41-45,47-48,50-53,55-56,58-61H2,1-3H3,(H,72,79)/b11-8-,20-17-,28-26-,34-32-,40-38-,49-46-,57-54+. The van der Waals surface area contributed by atoms with E-state index in [1.807, 2.05) is 12.2 Å². The number of aliphatic hydroxyl groups is 5. The predicted molar refractivity (Wildman–Crippen MR) is 342 cm³/mol. The van der Waals surface area contributed by atoms with Crippen molar-refractivity contribution < 1.29 is 49.3 Å². The summed E-state index contributed by atoms with van der Waals surface area (Å²) >= 11 is 0. The third kappa shape index (κ3) is 45.2. The molecular formula is C71H125NO10. The summed E-state index contributed by atoms with van der Waals surface area (Å²) < 4.78 is 17.7. The maximum absolute atomic E-state index is 13.4. The molecule has 0 spiro atoms. The maximum Gasteiger partial charge on any atom is 0.306 e. The van der Waals surface area contributed by atoms with Gasteiger partial charge in [-0.2, -0.15) is 0 Å². The molecule has 0 aliphatic carbocycles. The first kappa shape index (κ1) is 76.9. The van der Waals surface area contributed by atoms with Crippen LogP contribution in [0.25, 0.3) is 0 Å². The number of amides is 1. The molecule has 1 heterocycles. The number of nitrogens with one attached hydrogen (secondary N) is 1. The van der Waals surface area contributed by atoms with Gasteiger partial charge in [-0.05, 0) is 77.0 Å². The van der Waals surface area contributed by atoms with Gasteiger partial charge in [0.15, 0.2) is 12.4 Å². The lowest BCUT2D eigenvalue weighted by molar-refractivity contribution is -0.305. The molecule has 0 radical (unpaired) electrons. The van der Waals surface area contributed by atoms with Gasteiger partial charge in [-0.25, -0.2) is 0 Å². The highest BCUT2D eigenvalue weighted by Gasteiger charge is 2.47. The molecular weight excluding hydrogens is 1030 g/mol. The van der Waals surface area contributed by atoms with Crippen LogP contribution in [0.5, 0.6) is 0 Å². The number of hydrogen-bond acceptors (Lipinski definition) is 10. The van der Waals surface area contributed by atoms with Gasteiger partial charge >= 0.3 is 5.97 Å². The zero-order valence-corrected chi connectivity index (χ0v) is 52.6. The lowest BCUT2D eigenvalue weighted by Gasteiger charge is -2.41. The Morgan fingerprint density at radius 3 is 1.30 bits per heavy atom. The van der Waals surface area contributed by atoms with E-state index < -0.39 is 67.4 Å². The molecule has 11 heteroatoms. The first-order valence-electron chi connectivity index (χ1n) is 33.9. The van der Waals surface area contributed by atoms with E-state index in [1.54, 1.807) is 6.08 Å². The predicted octanol–water partition coefficient (Wildman–Crippen LogP) is 16.9. The Balaban J connectivity index is 2.65. The molecule has 1 amide bonds. The van der Waals surface area contributed by atoms with E-state index in [1.165, 1.54) is 154 Å². The van der Waals surface area contributed by atoms with Crippen LogP contribution in [0.1, 0.15) is 290 Å². The van der Waals surface area contributed by atoms with E-state index in [0.717, 1.165) is 83.5 Å². The van der Waals surface area contributed by atoms with Gasteiger partial charge in [0.25, 0.3) is 0 Å². The van der Waals surface area contributed by atoms with Crippen LogP contribution in [0.3, 0.4) is 0 Å². The molecule has 1 aliphatic rings. The summed E-state index contributed by atoms with van der Waals surface area (Å²) in [4.78, 5) is 26.6. The summed E-state index contributed by atoms with van der Waals surface area (Å²) in [5.74, 6) is -1.24. The Morgan fingerprint density at radius 1 is 0.488 bits per heavy atom. The van der Waals surface area contributed by atoms with Gasteiger partial charge in [0.2, 0.25) is 5.91 Å². The lowest BCUT2D eigenvalue weighted by Crippen LogP contribution is -2.61. The second-order valence-corrected chi connectivity index (χ2v) is 23.2. The van der Waals surface area contributed by atoms with Crippen LogP contribution in [0, 0.1) is 0 Å². The van der Waals surface area contributed by atoms with Crippen LogP contribution in [-0.2, 0) is 23.8 Å². The van der Waals surface area contributed by atoms with Gasteiger partial charge in [0.05, 0.1) is 25.4 Å². The highest BCUT2D eigenvalue weighted by atomic mass is 16.7. The van der Waals surface area contributed by atoms with Gasteiger partial charge in [-0.15, -0.1) is 0 Å². The van der Waals surface area contributed by atoms with E-state index in [-0.39, 0.29) is 19.4 Å². The molecule has 0 saturated carbocycles. The molecule has 6 N–H and O–H groups in total. The van der Waals surface area contributed by atoms with Crippen molar-refractivity contribution in [3.05, 3.63) is 85.1 Å². The van der Waals surface area contributed by atoms with Crippen molar-refractivity contribution in [1.82, 2.24) is 5.32 Å². The average molecular weight is 1150 g/mol. The van der Waals surface area contributed by atoms with Crippen LogP contribution < -0.4 is 5.32 Å². The fourth-order valence-corrected chi connectivity index (χ4v) is 10.3. The molecule has 1 aliphatic heterocycles. The van der Waals surface area contributed by atoms with Gasteiger partial charge in [-0.1, -0.05) is 292 Å². The minimum atomic E-state index is -1.62. The Labute approximate surface area is 502 Å². The number of rotatable bonds is 57. The number of carbonyl (C=O) groups is 2. The summed E-state index contributed by atoms with van der Waals surface area (Å²) in [6, 6.07) is -1.05.